The first-order valence-corrected chi connectivity index (χ1v) is 7.27. The predicted molar refractivity (Wildman–Crippen MR) is 88.2 cm³/mol. The first kappa shape index (κ1) is 16.5. The average molecular weight is 343 g/mol. The van der Waals surface area contributed by atoms with Gasteiger partial charge in [-0.3, -0.25) is 9.78 Å². The van der Waals surface area contributed by atoms with E-state index in [2.05, 4.69) is 15.6 Å². The molecule has 0 saturated heterocycles. The van der Waals surface area contributed by atoms with Gasteiger partial charge in [-0.2, -0.15) is 0 Å². The smallest absolute Gasteiger partial charge is 0.274 e. The van der Waals surface area contributed by atoms with E-state index < -0.39 is 23.4 Å². The molecule has 0 bridgehead atoms. The van der Waals surface area contributed by atoms with Crippen molar-refractivity contribution in [1.82, 2.24) is 4.98 Å². The first-order chi connectivity index (χ1) is 12.0. The lowest BCUT2D eigenvalue weighted by atomic mass is 10.2. The zero-order chi connectivity index (χ0) is 17.8. The SMILES string of the molecule is O=C(Nc1cccc(F)c1)c1cc(Nc2c(F)cccc2F)ccn1. The van der Waals surface area contributed by atoms with Gasteiger partial charge in [0.2, 0.25) is 0 Å². The number of amides is 1. The van der Waals surface area contributed by atoms with Crippen molar-refractivity contribution in [2.45, 2.75) is 0 Å². The minimum atomic E-state index is -0.762. The molecule has 0 unspecified atom stereocenters. The Kier molecular flexibility index (Phi) is 4.65. The Morgan fingerprint density at radius 2 is 1.60 bits per heavy atom. The molecule has 3 rings (SSSR count). The summed E-state index contributed by atoms with van der Waals surface area (Å²) in [5.41, 5.74) is 0.227. The van der Waals surface area contributed by atoms with Crippen molar-refractivity contribution in [3.63, 3.8) is 0 Å². The van der Waals surface area contributed by atoms with Gasteiger partial charge in [0.15, 0.2) is 0 Å². The van der Waals surface area contributed by atoms with E-state index in [0.29, 0.717) is 0 Å². The molecule has 0 radical (unpaired) electrons. The van der Waals surface area contributed by atoms with E-state index in [9.17, 15) is 18.0 Å². The number of nitrogens with one attached hydrogen (secondary N) is 2. The Labute approximate surface area is 141 Å². The number of hydrogen-bond donors (Lipinski definition) is 2. The van der Waals surface area contributed by atoms with Crippen LogP contribution < -0.4 is 10.6 Å². The number of hydrogen-bond acceptors (Lipinski definition) is 3. The molecule has 25 heavy (non-hydrogen) atoms. The number of anilines is 3. The molecule has 0 fully saturated rings. The number of halogens is 3. The molecule has 1 aromatic heterocycles. The fourth-order valence-corrected chi connectivity index (χ4v) is 2.16. The molecule has 0 atom stereocenters. The van der Waals surface area contributed by atoms with Crippen LogP contribution in [-0.2, 0) is 0 Å². The second kappa shape index (κ2) is 7.04. The van der Waals surface area contributed by atoms with E-state index in [1.807, 2.05) is 0 Å². The lowest BCUT2D eigenvalue weighted by Crippen LogP contribution is -2.14. The normalized spacial score (nSPS) is 10.4. The summed E-state index contributed by atoms with van der Waals surface area (Å²) in [5.74, 6) is -2.59. The third kappa shape index (κ3) is 3.95. The van der Waals surface area contributed by atoms with Crippen LogP contribution >= 0.6 is 0 Å². The number of carbonyl (C=O) groups excluding carboxylic acids is 1. The van der Waals surface area contributed by atoms with Gasteiger partial charge in [0, 0.05) is 17.6 Å². The number of aromatic nitrogens is 1. The fourth-order valence-electron chi connectivity index (χ4n) is 2.16. The maximum Gasteiger partial charge on any atom is 0.274 e. The van der Waals surface area contributed by atoms with Crippen molar-refractivity contribution < 1.29 is 18.0 Å². The molecule has 0 spiro atoms. The average Bonchev–Trinajstić information content (AvgIpc) is 2.58. The van der Waals surface area contributed by atoms with E-state index in [1.54, 1.807) is 0 Å². The van der Waals surface area contributed by atoms with Crippen molar-refractivity contribution in [2.24, 2.45) is 0 Å². The monoisotopic (exact) mass is 343 g/mol. The highest BCUT2D eigenvalue weighted by Crippen LogP contribution is 2.23. The van der Waals surface area contributed by atoms with Gasteiger partial charge in [-0.05, 0) is 42.5 Å². The topological polar surface area (TPSA) is 54.0 Å². The van der Waals surface area contributed by atoms with Crippen LogP contribution in [0, 0.1) is 17.5 Å². The van der Waals surface area contributed by atoms with Crippen molar-refractivity contribution >= 4 is 23.0 Å². The molecule has 7 heteroatoms. The Hall–Kier alpha value is -3.35. The van der Waals surface area contributed by atoms with Gasteiger partial charge >= 0.3 is 0 Å². The second-order valence-electron chi connectivity index (χ2n) is 5.12. The van der Waals surface area contributed by atoms with Crippen LogP contribution in [0.2, 0.25) is 0 Å². The van der Waals surface area contributed by atoms with Crippen LogP contribution in [0.1, 0.15) is 10.5 Å². The van der Waals surface area contributed by atoms with Gasteiger partial charge < -0.3 is 10.6 Å². The lowest BCUT2D eigenvalue weighted by molar-refractivity contribution is 0.102. The minimum Gasteiger partial charge on any atom is -0.351 e. The molecule has 126 valence electrons. The number of benzene rings is 2. The summed E-state index contributed by atoms with van der Waals surface area (Å²) < 4.78 is 40.5. The minimum absolute atomic E-state index is 0.00556. The molecule has 0 aliphatic rings. The zero-order valence-electron chi connectivity index (χ0n) is 12.8. The fraction of sp³-hybridized carbons (Fsp3) is 0. The number of para-hydroxylation sites is 1. The van der Waals surface area contributed by atoms with Crippen molar-refractivity contribution in [3.05, 3.63) is 83.9 Å². The van der Waals surface area contributed by atoms with Crippen LogP contribution in [0.25, 0.3) is 0 Å². The number of pyridine rings is 1. The third-order valence-corrected chi connectivity index (χ3v) is 3.31. The third-order valence-electron chi connectivity index (χ3n) is 3.31. The maximum atomic E-state index is 13.7. The summed E-state index contributed by atoms with van der Waals surface area (Å²) in [6.45, 7) is 0. The molecular weight excluding hydrogens is 331 g/mol. The zero-order valence-corrected chi connectivity index (χ0v) is 12.8. The highest BCUT2D eigenvalue weighted by atomic mass is 19.1. The number of nitrogens with zero attached hydrogens (tertiary/aromatic N) is 1. The number of rotatable bonds is 4. The second-order valence-corrected chi connectivity index (χ2v) is 5.12. The van der Waals surface area contributed by atoms with Gasteiger partial charge in [-0.15, -0.1) is 0 Å². The Bertz CT molecular complexity index is 911. The standard InChI is InChI=1S/C18H12F3N3O/c19-11-3-1-4-12(9-11)24-18(25)16-10-13(7-8-22-16)23-17-14(20)5-2-6-15(17)21/h1-10H,(H,22,23)(H,24,25). The molecule has 1 amide bonds. The molecule has 0 aliphatic carbocycles. The molecule has 0 aliphatic heterocycles. The molecular formula is C18H12F3N3O. The van der Waals surface area contributed by atoms with Gasteiger partial charge in [0.05, 0.1) is 0 Å². The molecule has 2 N–H and O–H groups in total. The van der Waals surface area contributed by atoms with Crippen molar-refractivity contribution in [1.29, 1.82) is 0 Å². The molecule has 4 nitrogen and oxygen atoms in total. The lowest BCUT2D eigenvalue weighted by Gasteiger charge is -2.10. The molecule has 0 saturated carbocycles. The van der Waals surface area contributed by atoms with Gasteiger partial charge in [0.1, 0.15) is 28.8 Å². The van der Waals surface area contributed by atoms with Crippen molar-refractivity contribution in [2.75, 3.05) is 10.6 Å². The van der Waals surface area contributed by atoms with E-state index >= 15 is 0 Å². The predicted octanol–water partition coefficient (Wildman–Crippen LogP) is 4.49. The van der Waals surface area contributed by atoms with Crippen LogP contribution in [0.4, 0.5) is 30.2 Å². The largest absolute Gasteiger partial charge is 0.351 e. The van der Waals surface area contributed by atoms with E-state index in [-0.39, 0.29) is 22.8 Å². The van der Waals surface area contributed by atoms with E-state index in [4.69, 9.17) is 0 Å². The van der Waals surface area contributed by atoms with Gasteiger partial charge in [0.25, 0.3) is 5.91 Å². The molecule has 1 heterocycles. The van der Waals surface area contributed by atoms with Gasteiger partial charge in [-0.1, -0.05) is 12.1 Å². The maximum absolute atomic E-state index is 13.7. The highest BCUT2D eigenvalue weighted by molar-refractivity contribution is 6.03. The van der Waals surface area contributed by atoms with Crippen molar-refractivity contribution in [3.8, 4) is 0 Å². The summed E-state index contributed by atoms with van der Waals surface area (Å²) in [4.78, 5) is 16.1. The van der Waals surface area contributed by atoms with E-state index in [0.717, 1.165) is 18.2 Å². The highest BCUT2D eigenvalue weighted by Gasteiger charge is 2.12. The van der Waals surface area contributed by atoms with Crippen LogP contribution in [0.15, 0.2) is 60.8 Å². The van der Waals surface area contributed by atoms with Gasteiger partial charge in [-0.25, -0.2) is 13.2 Å². The quantitative estimate of drug-likeness (QED) is 0.734. The summed E-state index contributed by atoms with van der Waals surface area (Å²) in [7, 11) is 0. The van der Waals surface area contributed by atoms with Crippen LogP contribution in [-0.4, -0.2) is 10.9 Å². The Morgan fingerprint density at radius 1 is 0.880 bits per heavy atom. The first-order valence-electron chi connectivity index (χ1n) is 7.27. The Balaban J connectivity index is 1.80. The van der Waals surface area contributed by atoms with E-state index in [1.165, 1.54) is 42.6 Å². The van der Waals surface area contributed by atoms with Crippen LogP contribution in [0.3, 0.4) is 0 Å². The summed E-state index contributed by atoms with van der Waals surface area (Å²) in [5, 5.41) is 5.07. The Morgan fingerprint density at radius 3 is 2.32 bits per heavy atom. The summed E-state index contributed by atoms with van der Waals surface area (Å²) in [6, 6.07) is 11.7. The molecule has 3 aromatic rings. The number of carbonyl (C=O) groups is 1. The molecule has 2 aromatic carbocycles. The van der Waals surface area contributed by atoms with Crippen LogP contribution in [0.5, 0.6) is 0 Å². The summed E-state index contributed by atoms with van der Waals surface area (Å²) >= 11 is 0. The summed E-state index contributed by atoms with van der Waals surface area (Å²) in [6.07, 6.45) is 1.32.